The van der Waals surface area contributed by atoms with Crippen molar-refractivity contribution in [3.63, 3.8) is 0 Å². The summed E-state index contributed by atoms with van der Waals surface area (Å²) in [7, 11) is 1.94. The Hall–Kier alpha value is -2.34. The number of amidine groups is 1. The molecule has 6 heteroatoms. The third-order valence-electron chi connectivity index (χ3n) is 3.71. The van der Waals surface area contributed by atoms with E-state index in [0.29, 0.717) is 0 Å². The largest absolute Gasteiger partial charge is 0.409 e. The maximum absolute atomic E-state index is 8.69. The highest BCUT2D eigenvalue weighted by atomic mass is 16.4. The van der Waals surface area contributed by atoms with Crippen molar-refractivity contribution in [3.05, 3.63) is 52.3 Å². The molecule has 0 fully saturated rings. The Morgan fingerprint density at radius 1 is 1.33 bits per heavy atom. The summed E-state index contributed by atoms with van der Waals surface area (Å²) in [5.74, 6) is 0.128. The molecule has 0 saturated heterocycles. The molecule has 0 aliphatic rings. The van der Waals surface area contributed by atoms with Crippen molar-refractivity contribution in [3.8, 4) is 0 Å². The van der Waals surface area contributed by atoms with Gasteiger partial charge >= 0.3 is 0 Å². The van der Waals surface area contributed by atoms with E-state index in [0.717, 1.165) is 24.2 Å². The van der Waals surface area contributed by atoms with Crippen molar-refractivity contribution in [2.45, 2.75) is 26.9 Å². The third-order valence-corrected chi connectivity index (χ3v) is 3.71. The Balaban J connectivity index is 1.99. The minimum Gasteiger partial charge on any atom is -0.409 e. The molecular weight excluding hydrogens is 266 g/mol. The molecule has 0 radical (unpaired) electrons. The number of nitrogens with two attached hydrogens (primary N) is 1. The van der Waals surface area contributed by atoms with Crippen LogP contribution in [0.15, 0.2) is 29.6 Å². The molecule has 0 spiro atoms. The standard InChI is InChI=1S/C15H21N5O/c1-10-6-12(15(16)19-21)4-5-13(10)7-17-8-14-9-18-20(3)11(14)2/h4-6,9,17,21H,7-8H2,1-3H3,(H2,16,19). The van der Waals surface area contributed by atoms with Gasteiger partial charge in [0.1, 0.15) is 0 Å². The van der Waals surface area contributed by atoms with E-state index < -0.39 is 0 Å². The molecule has 2 aromatic rings. The highest BCUT2D eigenvalue weighted by molar-refractivity contribution is 5.97. The van der Waals surface area contributed by atoms with Crippen LogP contribution < -0.4 is 11.1 Å². The maximum Gasteiger partial charge on any atom is 0.170 e. The quantitative estimate of drug-likeness (QED) is 0.336. The van der Waals surface area contributed by atoms with Crippen LogP contribution >= 0.6 is 0 Å². The van der Waals surface area contributed by atoms with Crippen molar-refractivity contribution in [1.29, 1.82) is 0 Å². The highest BCUT2D eigenvalue weighted by Gasteiger charge is 2.05. The van der Waals surface area contributed by atoms with Crippen LogP contribution in [-0.2, 0) is 20.1 Å². The van der Waals surface area contributed by atoms with Crippen LogP contribution in [0.4, 0.5) is 0 Å². The van der Waals surface area contributed by atoms with Crippen molar-refractivity contribution in [1.82, 2.24) is 15.1 Å². The highest BCUT2D eigenvalue weighted by Crippen LogP contribution is 2.12. The molecule has 1 aromatic heterocycles. The van der Waals surface area contributed by atoms with Gasteiger partial charge in [0, 0.05) is 37.0 Å². The normalized spacial score (nSPS) is 11.9. The molecule has 1 heterocycles. The second-order valence-electron chi connectivity index (χ2n) is 5.11. The lowest BCUT2D eigenvalue weighted by atomic mass is 10.0. The zero-order valence-corrected chi connectivity index (χ0v) is 12.6. The van der Waals surface area contributed by atoms with Crippen LogP contribution in [0.2, 0.25) is 0 Å². The van der Waals surface area contributed by atoms with Gasteiger partial charge in [0.05, 0.1) is 6.20 Å². The Labute approximate surface area is 124 Å². The average Bonchev–Trinajstić information content (AvgIpc) is 2.80. The first kappa shape index (κ1) is 15.1. The molecule has 4 N–H and O–H groups in total. The van der Waals surface area contributed by atoms with Crippen LogP contribution in [0, 0.1) is 13.8 Å². The number of benzene rings is 1. The summed E-state index contributed by atoms with van der Waals surface area (Å²) in [5, 5.41) is 19.3. The summed E-state index contributed by atoms with van der Waals surface area (Å²) in [6.45, 7) is 5.61. The predicted molar refractivity (Wildman–Crippen MR) is 82.2 cm³/mol. The van der Waals surface area contributed by atoms with Crippen LogP contribution in [0.5, 0.6) is 0 Å². The lowest BCUT2D eigenvalue weighted by molar-refractivity contribution is 0.318. The lowest BCUT2D eigenvalue weighted by Gasteiger charge is -2.09. The second-order valence-corrected chi connectivity index (χ2v) is 5.11. The van der Waals surface area contributed by atoms with Gasteiger partial charge in [0.25, 0.3) is 0 Å². The minimum atomic E-state index is 0.128. The number of hydrogen-bond acceptors (Lipinski definition) is 4. The molecule has 112 valence electrons. The number of rotatable bonds is 5. The van der Waals surface area contributed by atoms with Crippen LogP contribution in [0.25, 0.3) is 0 Å². The molecule has 2 rings (SSSR count). The first-order chi connectivity index (χ1) is 10.0. The SMILES string of the molecule is Cc1cc(/C(N)=N/O)ccc1CNCc1cnn(C)c1C. The summed E-state index contributed by atoms with van der Waals surface area (Å²) in [6.07, 6.45) is 1.89. The van der Waals surface area contributed by atoms with Crippen molar-refractivity contribution in [2.75, 3.05) is 0 Å². The van der Waals surface area contributed by atoms with Gasteiger partial charge in [-0.05, 0) is 31.0 Å². The van der Waals surface area contributed by atoms with Crippen LogP contribution in [0.3, 0.4) is 0 Å². The minimum absolute atomic E-state index is 0.128. The van der Waals surface area contributed by atoms with E-state index in [4.69, 9.17) is 10.9 Å². The van der Waals surface area contributed by atoms with E-state index in [1.165, 1.54) is 16.8 Å². The third kappa shape index (κ3) is 3.41. The lowest BCUT2D eigenvalue weighted by Crippen LogP contribution is -2.16. The number of hydrogen-bond donors (Lipinski definition) is 3. The Bertz CT molecular complexity index is 660. The fraction of sp³-hybridized carbons (Fsp3) is 0.333. The van der Waals surface area contributed by atoms with E-state index >= 15 is 0 Å². The summed E-state index contributed by atoms with van der Waals surface area (Å²) < 4.78 is 1.87. The first-order valence-electron chi connectivity index (χ1n) is 6.78. The molecule has 0 bridgehead atoms. The number of nitrogens with zero attached hydrogens (tertiary/aromatic N) is 3. The average molecular weight is 287 g/mol. The molecule has 0 amide bonds. The van der Waals surface area contributed by atoms with Gasteiger partial charge in [-0.2, -0.15) is 5.10 Å². The molecule has 0 saturated carbocycles. The molecule has 0 unspecified atom stereocenters. The van der Waals surface area contributed by atoms with E-state index in [1.807, 2.05) is 43.0 Å². The van der Waals surface area contributed by atoms with Crippen molar-refractivity contribution in [2.24, 2.45) is 17.9 Å². The van der Waals surface area contributed by atoms with E-state index in [9.17, 15) is 0 Å². The molecular formula is C15H21N5O. The smallest absolute Gasteiger partial charge is 0.170 e. The summed E-state index contributed by atoms with van der Waals surface area (Å²) in [6, 6.07) is 5.77. The summed E-state index contributed by atoms with van der Waals surface area (Å²) in [5.41, 5.74) is 11.0. The van der Waals surface area contributed by atoms with Crippen molar-refractivity contribution < 1.29 is 5.21 Å². The topological polar surface area (TPSA) is 88.5 Å². The Morgan fingerprint density at radius 2 is 2.05 bits per heavy atom. The van der Waals surface area contributed by atoms with Gasteiger partial charge in [-0.25, -0.2) is 0 Å². The number of aryl methyl sites for hydroxylation is 2. The van der Waals surface area contributed by atoms with E-state index in [-0.39, 0.29) is 5.84 Å². The van der Waals surface area contributed by atoms with Gasteiger partial charge in [-0.3, -0.25) is 4.68 Å². The van der Waals surface area contributed by atoms with Crippen LogP contribution in [0.1, 0.15) is 27.9 Å². The fourth-order valence-electron chi connectivity index (χ4n) is 2.16. The Kier molecular flexibility index (Phi) is 4.59. The molecule has 1 aromatic carbocycles. The molecule has 0 aliphatic carbocycles. The van der Waals surface area contributed by atoms with E-state index in [2.05, 4.69) is 22.5 Å². The maximum atomic E-state index is 8.69. The predicted octanol–water partition coefficient (Wildman–Crippen LogP) is 1.42. The molecule has 6 nitrogen and oxygen atoms in total. The monoisotopic (exact) mass is 287 g/mol. The van der Waals surface area contributed by atoms with Crippen molar-refractivity contribution >= 4 is 5.84 Å². The summed E-state index contributed by atoms with van der Waals surface area (Å²) >= 11 is 0. The Morgan fingerprint density at radius 3 is 2.62 bits per heavy atom. The zero-order chi connectivity index (χ0) is 15.4. The van der Waals surface area contributed by atoms with Gasteiger partial charge in [-0.1, -0.05) is 17.3 Å². The zero-order valence-electron chi connectivity index (χ0n) is 12.6. The fourth-order valence-corrected chi connectivity index (χ4v) is 2.16. The molecule has 0 atom stereocenters. The first-order valence-corrected chi connectivity index (χ1v) is 6.78. The molecule has 0 aliphatic heterocycles. The summed E-state index contributed by atoms with van der Waals surface area (Å²) in [4.78, 5) is 0. The number of nitrogens with one attached hydrogen (secondary N) is 1. The van der Waals surface area contributed by atoms with Crippen LogP contribution in [-0.4, -0.2) is 20.8 Å². The second kappa shape index (κ2) is 6.41. The van der Waals surface area contributed by atoms with E-state index in [1.54, 1.807) is 0 Å². The number of aromatic nitrogens is 2. The number of oxime groups is 1. The van der Waals surface area contributed by atoms with Gasteiger partial charge < -0.3 is 16.3 Å². The molecule has 21 heavy (non-hydrogen) atoms. The van der Waals surface area contributed by atoms with Gasteiger partial charge in [0.15, 0.2) is 5.84 Å². The van der Waals surface area contributed by atoms with Gasteiger partial charge in [-0.15, -0.1) is 0 Å². The van der Waals surface area contributed by atoms with Gasteiger partial charge in [0.2, 0.25) is 0 Å².